The van der Waals surface area contributed by atoms with Gasteiger partial charge in [-0.05, 0) is 127 Å². The van der Waals surface area contributed by atoms with E-state index >= 15 is 0 Å². The maximum Gasteiger partial charge on any atom is 0.388 e. The smallest absolute Gasteiger partial charge is 0.388 e. The van der Waals surface area contributed by atoms with Crippen LogP contribution in [-0.2, 0) is 24.7 Å². The summed E-state index contributed by atoms with van der Waals surface area (Å²) in [6.07, 6.45) is 0. The Labute approximate surface area is 367 Å². The quantitative estimate of drug-likeness (QED) is 0.142. The van der Waals surface area contributed by atoms with E-state index < -0.39 is 67.5 Å². The first-order valence-electron chi connectivity index (χ1n) is 17.4. The van der Waals surface area contributed by atoms with E-state index in [1.807, 2.05) is 18.2 Å². The standard InChI is InChI=1S/C20H34O3Si4.C15H32O3Si4.8CH4/c1-24(2,3)21-26(7,8)23-27(22-25(4,5)6,19-15-11-9-12-16-19)20-17-13-10-14-18-20;1-19(2,3)16-21(7,8)18-22(9,17-20(4,5)6)15-13-11-10-12-14-15;;;;;;;;/h9-18H,1-8H3;10-14H,1-9H3;8*1H4. The van der Waals surface area contributed by atoms with Crippen LogP contribution in [0.15, 0.2) is 91.0 Å². The van der Waals surface area contributed by atoms with Gasteiger partial charge in [-0.15, -0.1) is 0 Å². The number of hydrogen-bond acceptors (Lipinski definition) is 6. The maximum absolute atomic E-state index is 7.05. The highest BCUT2D eigenvalue weighted by Crippen LogP contribution is 2.26. The summed E-state index contributed by atoms with van der Waals surface area (Å²) < 4.78 is 40.2. The van der Waals surface area contributed by atoms with E-state index in [2.05, 4.69) is 184 Å². The molecule has 14 heteroatoms. The van der Waals surface area contributed by atoms with Gasteiger partial charge in [-0.2, -0.15) is 0 Å². The molecule has 0 N–H and O–H groups in total. The second kappa shape index (κ2) is 27.2. The third-order valence-corrected chi connectivity index (χ3v) is 33.1. The molecule has 0 aliphatic carbocycles. The van der Waals surface area contributed by atoms with Crippen molar-refractivity contribution in [1.29, 1.82) is 0 Å². The van der Waals surface area contributed by atoms with Gasteiger partial charge < -0.3 is 24.7 Å². The lowest BCUT2D eigenvalue weighted by molar-refractivity contribution is 0.336. The first kappa shape index (κ1) is 70.7. The minimum absolute atomic E-state index is 0. The van der Waals surface area contributed by atoms with Crippen LogP contribution in [0.4, 0.5) is 0 Å². The number of rotatable bonds is 15. The third kappa shape index (κ3) is 26.2. The van der Waals surface area contributed by atoms with Crippen LogP contribution in [0.1, 0.15) is 59.4 Å². The van der Waals surface area contributed by atoms with Gasteiger partial charge in [0.05, 0.1) is 0 Å². The van der Waals surface area contributed by atoms with Gasteiger partial charge in [-0.3, -0.25) is 0 Å². The summed E-state index contributed by atoms with van der Waals surface area (Å²) in [5.41, 5.74) is 0. The van der Waals surface area contributed by atoms with Crippen molar-refractivity contribution in [2.45, 2.75) is 171 Å². The van der Waals surface area contributed by atoms with Crippen molar-refractivity contribution >= 4 is 83.1 Å². The van der Waals surface area contributed by atoms with Gasteiger partial charge in [0, 0.05) is 0 Å². The van der Waals surface area contributed by atoms with E-state index in [4.69, 9.17) is 24.7 Å². The molecule has 0 fully saturated rings. The van der Waals surface area contributed by atoms with Crippen LogP contribution in [-0.4, -0.2) is 67.5 Å². The summed E-state index contributed by atoms with van der Waals surface area (Å²) in [6.45, 7) is 37.4. The Morgan fingerprint density at radius 3 is 0.772 bits per heavy atom. The van der Waals surface area contributed by atoms with Crippen LogP contribution in [0.25, 0.3) is 0 Å². The molecule has 0 spiro atoms. The fourth-order valence-electron chi connectivity index (χ4n) is 5.96. The highest BCUT2D eigenvalue weighted by atomic mass is 28.5. The summed E-state index contributed by atoms with van der Waals surface area (Å²) in [5, 5.41) is 3.49. The molecule has 0 aliphatic rings. The molecule has 1 unspecified atom stereocenters. The SMILES string of the molecule is C.C.C.C.C.C.C.C.C[Si](C)(C)O[Si](C)(C)O[Si](C)(O[Si](C)(C)C)c1ccccc1.C[Si](C)(C)O[Si](C)(C)O[Si](O[Si](C)(C)C)(c1ccccc1)c1ccccc1. The Morgan fingerprint density at radius 2 is 0.509 bits per heavy atom. The molecule has 3 aromatic rings. The zero-order valence-corrected chi connectivity index (χ0v) is 41.6. The van der Waals surface area contributed by atoms with E-state index in [0.29, 0.717) is 0 Å². The zero-order chi connectivity index (χ0) is 37.6. The lowest BCUT2D eigenvalue weighted by Gasteiger charge is -2.43. The summed E-state index contributed by atoms with van der Waals surface area (Å²) in [4.78, 5) is 0. The van der Waals surface area contributed by atoms with E-state index in [1.165, 1.54) is 5.19 Å². The van der Waals surface area contributed by atoms with Gasteiger partial charge in [0.2, 0.25) is 0 Å². The van der Waals surface area contributed by atoms with Crippen LogP contribution in [0.5, 0.6) is 0 Å². The number of benzene rings is 3. The molecule has 57 heavy (non-hydrogen) atoms. The summed E-state index contributed by atoms with van der Waals surface area (Å²) in [6, 6.07) is 31.4. The van der Waals surface area contributed by atoms with Crippen LogP contribution in [0.3, 0.4) is 0 Å². The average Bonchev–Trinajstić information content (AvgIpc) is 2.89. The van der Waals surface area contributed by atoms with Crippen LogP contribution < -0.4 is 15.6 Å². The molecular formula is C43H98O6Si8. The number of hydrogen-bond donors (Lipinski definition) is 0. The molecule has 0 amide bonds. The van der Waals surface area contributed by atoms with E-state index in [9.17, 15) is 0 Å². The minimum atomic E-state index is -2.90. The van der Waals surface area contributed by atoms with Gasteiger partial charge in [0.15, 0.2) is 33.3 Å². The van der Waals surface area contributed by atoms with E-state index in [-0.39, 0.29) is 59.4 Å². The predicted octanol–water partition coefficient (Wildman–Crippen LogP) is 14.1. The summed E-state index contributed by atoms with van der Waals surface area (Å²) >= 11 is 0. The van der Waals surface area contributed by atoms with Crippen molar-refractivity contribution < 1.29 is 24.7 Å². The van der Waals surface area contributed by atoms with Crippen molar-refractivity contribution in [1.82, 2.24) is 0 Å². The second-order valence-electron chi connectivity index (χ2n) is 17.5. The van der Waals surface area contributed by atoms with Crippen molar-refractivity contribution in [3.05, 3.63) is 91.0 Å². The molecule has 338 valence electrons. The Balaban J connectivity index is -0.000000156. The van der Waals surface area contributed by atoms with Crippen LogP contribution >= 0.6 is 0 Å². The molecule has 0 radical (unpaired) electrons. The molecule has 1 atom stereocenters. The molecule has 0 heterocycles. The van der Waals surface area contributed by atoms with Crippen molar-refractivity contribution in [3.63, 3.8) is 0 Å². The van der Waals surface area contributed by atoms with Crippen molar-refractivity contribution in [2.75, 3.05) is 0 Å². The Bertz CT molecular complexity index is 1380. The Hall–Kier alpha value is -0.845. The average molecular weight is 936 g/mol. The Morgan fingerprint density at radius 1 is 0.263 bits per heavy atom. The zero-order valence-electron chi connectivity index (χ0n) is 33.6. The largest absolute Gasteiger partial charge is 0.437 e. The lowest BCUT2D eigenvalue weighted by atomic mass is 10.4. The first-order valence-corrected chi connectivity index (χ1v) is 40.8. The summed E-state index contributed by atoms with van der Waals surface area (Å²) in [7, 11) is -17.0. The van der Waals surface area contributed by atoms with Gasteiger partial charge in [-0.25, -0.2) is 0 Å². The minimum Gasteiger partial charge on any atom is -0.437 e. The lowest BCUT2D eigenvalue weighted by Crippen LogP contribution is -2.71. The first-order chi connectivity index (χ1) is 22.1. The molecule has 6 nitrogen and oxygen atoms in total. The van der Waals surface area contributed by atoms with Gasteiger partial charge >= 0.3 is 34.2 Å². The molecule has 3 aromatic carbocycles. The van der Waals surface area contributed by atoms with Crippen LogP contribution in [0, 0.1) is 0 Å². The molecule has 0 aliphatic heterocycles. The van der Waals surface area contributed by atoms with Gasteiger partial charge in [0.1, 0.15) is 0 Å². The van der Waals surface area contributed by atoms with Gasteiger partial charge in [0.25, 0.3) is 0 Å². The fourth-order valence-corrected chi connectivity index (χ4v) is 39.8. The van der Waals surface area contributed by atoms with Crippen molar-refractivity contribution in [3.8, 4) is 0 Å². The molecule has 0 saturated carbocycles. The normalized spacial score (nSPS) is 12.8. The predicted molar refractivity (Wildman–Crippen MR) is 284 cm³/mol. The highest BCUT2D eigenvalue weighted by Gasteiger charge is 2.51. The second-order valence-corrected chi connectivity index (χ2v) is 49.8. The molecule has 0 aromatic heterocycles. The monoisotopic (exact) mass is 935 g/mol. The van der Waals surface area contributed by atoms with Gasteiger partial charge in [-0.1, -0.05) is 150 Å². The summed E-state index contributed by atoms with van der Waals surface area (Å²) in [5.74, 6) is 0. The fraction of sp³-hybridized carbons (Fsp3) is 0.581. The molecule has 0 bridgehead atoms. The molecular weight excluding hydrogens is 837 g/mol. The van der Waals surface area contributed by atoms with E-state index in [0.717, 1.165) is 10.4 Å². The van der Waals surface area contributed by atoms with E-state index in [1.54, 1.807) is 0 Å². The molecule has 0 saturated heterocycles. The third-order valence-electron chi connectivity index (χ3n) is 6.49. The van der Waals surface area contributed by atoms with Crippen LogP contribution in [0.2, 0.25) is 111 Å². The van der Waals surface area contributed by atoms with Crippen molar-refractivity contribution in [2.24, 2.45) is 0 Å². The topological polar surface area (TPSA) is 55.4 Å². The Kier molecular flexibility index (Phi) is 33.7. The molecule has 3 rings (SSSR count). The maximum atomic E-state index is 7.05. The highest BCUT2D eigenvalue weighted by molar-refractivity contribution is 7.02.